The summed E-state index contributed by atoms with van der Waals surface area (Å²) in [5.41, 5.74) is 1.06. The zero-order valence-electron chi connectivity index (χ0n) is 14.5. The van der Waals surface area contributed by atoms with Gasteiger partial charge in [0.25, 0.3) is 5.91 Å². The lowest BCUT2D eigenvalue weighted by atomic mass is 10.2. The number of benzene rings is 1. The number of furan rings is 1. The third kappa shape index (κ3) is 4.70. The van der Waals surface area contributed by atoms with Crippen molar-refractivity contribution in [1.29, 1.82) is 0 Å². The molecular formula is C19H22FN3O3. The van der Waals surface area contributed by atoms with Crippen molar-refractivity contribution in [2.45, 2.75) is 13.0 Å². The van der Waals surface area contributed by atoms with Crippen LogP contribution < -0.4 is 5.32 Å². The van der Waals surface area contributed by atoms with Gasteiger partial charge in [-0.1, -0.05) is 18.2 Å². The second-order valence-corrected chi connectivity index (χ2v) is 6.30. The van der Waals surface area contributed by atoms with Crippen LogP contribution in [0.4, 0.5) is 4.39 Å². The van der Waals surface area contributed by atoms with Gasteiger partial charge < -0.3 is 14.6 Å². The SMILES string of the molecule is O=C(NCC(=O)N1CCCN(Cc2ccccc2F)CC1)c1ccoc1. The van der Waals surface area contributed by atoms with Gasteiger partial charge in [-0.25, -0.2) is 4.39 Å². The van der Waals surface area contributed by atoms with Crippen LogP contribution in [0, 0.1) is 5.82 Å². The summed E-state index contributed by atoms with van der Waals surface area (Å²) in [7, 11) is 0. The molecule has 138 valence electrons. The lowest BCUT2D eigenvalue weighted by molar-refractivity contribution is -0.130. The van der Waals surface area contributed by atoms with E-state index >= 15 is 0 Å². The van der Waals surface area contributed by atoms with Crippen LogP contribution >= 0.6 is 0 Å². The Kier molecular flexibility index (Phi) is 6.01. The third-order valence-electron chi connectivity index (χ3n) is 4.48. The average molecular weight is 359 g/mol. The number of halogens is 1. The van der Waals surface area contributed by atoms with Gasteiger partial charge >= 0.3 is 0 Å². The maximum atomic E-state index is 13.8. The Hall–Kier alpha value is -2.67. The van der Waals surface area contributed by atoms with E-state index in [0.29, 0.717) is 37.3 Å². The number of nitrogens with one attached hydrogen (secondary N) is 1. The van der Waals surface area contributed by atoms with E-state index in [1.165, 1.54) is 18.6 Å². The molecule has 7 heteroatoms. The molecule has 1 aliphatic rings. The average Bonchev–Trinajstić information content (AvgIpc) is 3.08. The Morgan fingerprint density at radius 3 is 2.73 bits per heavy atom. The van der Waals surface area contributed by atoms with Crippen molar-refractivity contribution >= 4 is 11.8 Å². The lowest BCUT2D eigenvalue weighted by Crippen LogP contribution is -2.41. The van der Waals surface area contributed by atoms with E-state index in [9.17, 15) is 14.0 Å². The molecule has 1 aromatic carbocycles. The number of carbonyl (C=O) groups excluding carboxylic acids is 2. The number of hydrogen-bond donors (Lipinski definition) is 1. The van der Waals surface area contributed by atoms with Gasteiger partial charge in [0.15, 0.2) is 0 Å². The van der Waals surface area contributed by atoms with E-state index in [1.807, 2.05) is 6.07 Å². The van der Waals surface area contributed by atoms with Gasteiger partial charge in [-0.3, -0.25) is 14.5 Å². The van der Waals surface area contributed by atoms with Crippen LogP contribution in [0.15, 0.2) is 47.3 Å². The van der Waals surface area contributed by atoms with Crippen molar-refractivity contribution in [3.8, 4) is 0 Å². The van der Waals surface area contributed by atoms with Crippen molar-refractivity contribution in [3.63, 3.8) is 0 Å². The van der Waals surface area contributed by atoms with E-state index in [-0.39, 0.29) is 24.2 Å². The van der Waals surface area contributed by atoms with Gasteiger partial charge in [0, 0.05) is 38.3 Å². The Labute approximate surface area is 151 Å². The molecule has 2 heterocycles. The maximum Gasteiger partial charge on any atom is 0.254 e. The summed E-state index contributed by atoms with van der Waals surface area (Å²) in [6.07, 6.45) is 3.57. The Morgan fingerprint density at radius 2 is 1.96 bits per heavy atom. The first kappa shape index (κ1) is 18.1. The van der Waals surface area contributed by atoms with Crippen molar-refractivity contribution in [3.05, 3.63) is 59.8 Å². The van der Waals surface area contributed by atoms with Crippen LogP contribution in [0.2, 0.25) is 0 Å². The summed E-state index contributed by atoms with van der Waals surface area (Å²) in [5, 5.41) is 2.61. The molecule has 1 fully saturated rings. The van der Waals surface area contributed by atoms with Crippen LogP contribution in [0.5, 0.6) is 0 Å². The quantitative estimate of drug-likeness (QED) is 0.885. The molecule has 0 saturated carbocycles. The molecule has 1 aromatic heterocycles. The van der Waals surface area contributed by atoms with Crippen LogP contribution in [-0.2, 0) is 11.3 Å². The molecule has 0 atom stereocenters. The zero-order chi connectivity index (χ0) is 18.4. The highest BCUT2D eigenvalue weighted by molar-refractivity contribution is 5.96. The van der Waals surface area contributed by atoms with Crippen molar-refractivity contribution in [2.24, 2.45) is 0 Å². The Morgan fingerprint density at radius 1 is 1.12 bits per heavy atom. The maximum absolute atomic E-state index is 13.8. The Balaban J connectivity index is 1.47. The predicted octanol–water partition coefficient (Wildman–Crippen LogP) is 1.88. The highest BCUT2D eigenvalue weighted by atomic mass is 19.1. The van der Waals surface area contributed by atoms with Gasteiger partial charge in [-0.05, 0) is 18.6 Å². The molecule has 1 saturated heterocycles. The third-order valence-corrected chi connectivity index (χ3v) is 4.48. The Bertz CT molecular complexity index is 748. The summed E-state index contributed by atoms with van der Waals surface area (Å²) in [6.45, 7) is 3.17. The van der Waals surface area contributed by atoms with E-state index in [4.69, 9.17) is 4.42 Å². The van der Waals surface area contributed by atoms with Crippen LogP contribution in [0.25, 0.3) is 0 Å². The first-order valence-electron chi connectivity index (χ1n) is 8.67. The molecule has 1 N–H and O–H groups in total. The first-order valence-corrected chi connectivity index (χ1v) is 8.67. The molecule has 2 aromatic rings. The summed E-state index contributed by atoms with van der Waals surface area (Å²) < 4.78 is 18.7. The number of amides is 2. The first-order chi connectivity index (χ1) is 12.6. The molecule has 6 nitrogen and oxygen atoms in total. The monoisotopic (exact) mass is 359 g/mol. The van der Waals surface area contributed by atoms with Crippen LogP contribution in [0.1, 0.15) is 22.3 Å². The van der Waals surface area contributed by atoms with Crippen LogP contribution in [0.3, 0.4) is 0 Å². The topological polar surface area (TPSA) is 65.8 Å². The fourth-order valence-electron chi connectivity index (χ4n) is 3.01. The lowest BCUT2D eigenvalue weighted by Gasteiger charge is -2.22. The molecule has 0 bridgehead atoms. The van der Waals surface area contributed by atoms with Crippen molar-refractivity contribution in [2.75, 3.05) is 32.7 Å². The van der Waals surface area contributed by atoms with Crippen LogP contribution in [-0.4, -0.2) is 54.3 Å². The molecule has 3 rings (SSSR count). The fourth-order valence-corrected chi connectivity index (χ4v) is 3.01. The molecule has 26 heavy (non-hydrogen) atoms. The van der Waals surface area contributed by atoms with Gasteiger partial charge in [0.05, 0.1) is 18.4 Å². The number of rotatable bonds is 5. The van der Waals surface area contributed by atoms with E-state index in [0.717, 1.165) is 13.0 Å². The molecule has 0 spiro atoms. The number of nitrogens with zero attached hydrogens (tertiary/aromatic N) is 2. The van der Waals surface area contributed by atoms with Crippen molar-refractivity contribution in [1.82, 2.24) is 15.1 Å². The molecule has 0 unspecified atom stereocenters. The molecule has 0 aliphatic carbocycles. The summed E-state index contributed by atoms with van der Waals surface area (Å²) in [5.74, 6) is -0.649. The second-order valence-electron chi connectivity index (χ2n) is 6.30. The van der Waals surface area contributed by atoms with Gasteiger partial charge in [-0.2, -0.15) is 0 Å². The predicted molar refractivity (Wildman–Crippen MR) is 93.9 cm³/mol. The summed E-state index contributed by atoms with van der Waals surface area (Å²) in [6, 6.07) is 8.31. The molecule has 2 amide bonds. The standard InChI is InChI=1S/C19H22FN3O3/c20-17-5-2-1-4-15(17)13-22-7-3-8-23(10-9-22)18(24)12-21-19(25)16-6-11-26-14-16/h1-2,4-6,11,14H,3,7-10,12-13H2,(H,21,25). The minimum atomic E-state index is -0.330. The minimum Gasteiger partial charge on any atom is -0.472 e. The molecule has 0 radical (unpaired) electrons. The fraction of sp³-hybridized carbons (Fsp3) is 0.368. The number of carbonyl (C=O) groups is 2. The van der Waals surface area contributed by atoms with E-state index < -0.39 is 0 Å². The second kappa shape index (κ2) is 8.62. The van der Waals surface area contributed by atoms with E-state index in [1.54, 1.807) is 23.1 Å². The minimum absolute atomic E-state index is 0.0443. The van der Waals surface area contributed by atoms with Crippen molar-refractivity contribution < 1.29 is 18.4 Å². The van der Waals surface area contributed by atoms with E-state index in [2.05, 4.69) is 10.2 Å². The van der Waals surface area contributed by atoms with Gasteiger partial charge in [0.1, 0.15) is 12.1 Å². The largest absolute Gasteiger partial charge is 0.472 e. The van der Waals surface area contributed by atoms with Gasteiger partial charge in [0.2, 0.25) is 5.91 Å². The highest BCUT2D eigenvalue weighted by Gasteiger charge is 2.20. The summed E-state index contributed by atoms with van der Waals surface area (Å²) >= 11 is 0. The van der Waals surface area contributed by atoms with Gasteiger partial charge in [-0.15, -0.1) is 0 Å². The molecule has 1 aliphatic heterocycles. The zero-order valence-corrected chi connectivity index (χ0v) is 14.5. The summed E-state index contributed by atoms with van der Waals surface area (Å²) in [4.78, 5) is 28.1. The smallest absolute Gasteiger partial charge is 0.254 e. The normalized spacial score (nSPS) is 15.5. The number of hydrogen-bond acceptors (Lipinski definition) is 4. The molecular weight excluding hydrogens is 337 g/mol. The highest BCUT2D eigenvalue weighted by Crippen LogP contribution is 2.12.